The Morgan fingerprint density at radius 3 is 2.92 bits per heavy atom. The standard InChI is InChI=1S/C17H29N5O2/c1-18-16(19-13-17(23)6-4-3-5-7-17)22-8-9-24-15(12-22)14-10-20-21(2)11-14/h10-11,15,23H,3-9,12-13H2,1-2H3,(H,18,19). The van der Waals surface area contributed by atoms with Crippen LogP contribution in [0.5, 0.6) is 0 Å². The Labute approximate surface area is 143 Å². The second kappa shape index (κ2) is 7.53. The lowest BCUT2D eigenvalue weighted by Gasteiger charge is -2.37. The Bertz CT molecular complexity index is 565. The van der Waals surface area contributed by atoms with Crippen LogP contribution >= 0.6 is 0 Å². The number of hydrogen-bond acceptors (Lipinski definition) is 4. The van der Waals surface area contributed by atoms with Crippen LogP contribution in [0.25, 0.3) is 0 Å². The van der Waals surface area contributed by atoms with Crippen molar-refractivity contribution < 1.29 is 9.84 Å². The Hall–Kier alpha value is -1.60. The van der Waals surface area contributed by atoms with Gasteiger partial charge in [-0.2, -0.15) is 5.10 Å². The highest BCUT2D eigenvalue weighted by Gasteiger charge is 2.31. The average Bonchev–Trinajstić information content (AvgIpc) is 3.03. The number of hydrogen-bond donors (Lipinski definition) is 2. The first kappa shape index (κ1) is 17.2. The summed E-state index contributed by atoms with van der Waals surface area (Å²) >= 11 is 0. The third-order valence-corrected chi connectivity index (χ3v) is 5.03. The number of nitrogens with one attached hydrogen (secondary N) is 1. The van der Waals surface area contributed by atoms with Gasteiger partial charge < -0.3 is 20.1 Å². The molecule has 2 fully saturated rings. The van der Waals surface area contributed by atoms with Crippen molar-refractivity contribution in [3.05, 3.63) is 18.0 Å². The number of aliphatic hydroxyl groups is 1. The van der Waals surface area contributed by atoms with E-state index in [1.54, 1.807) is 11.7 Å². The largest absolute Gasteiger partial charge is 0.388 e. The maximum Gasteiger partial charge on any atom is 0.193 e. The lowest BCUT2D eigenvalue weighted by molar-refractivity contribution is -0.0108. The fraction of sp³-hybridized carbons (Fsp3) is 0.765. The van der Waals surface area contributed by atoms with E-state index in [0.29, 0.717) is 13.2 Å². The maximum absolute atomic E-state index is 10.7. The number of aromatic nitrogens is 2. The lowest BCUT2D eigenvalue weighted by Crippen LogP contribution is -2.52. The van der Waals surface area contributed by atoms with E-state index in [-0.39, 0.29) is 6.10 Å². The Balaban J connectivity index is 1.58. The summed E-state index contributed by atoms with van der Waals surface area (Å²) in [6, 6.07) is 0. The van der Waals surface area contributed by atoms with Gasteiger partial charge in [-0.25, -0.2) is 0 Å². The minimum absolute atomic E-state index is 0.00349. The van der Waals surface area contributed by atoms with E-state index < -0.39 is 5.60 Å². The summed E-state index contributed by atoms with van der Waals surface area (Å²) in [7, 11) is 3.71. The molecule has 1 saturated carbocycles. The molecule has 7 heteroatoms. The highest BCUT2D eigenvalue weighted by Crippen LogP contribution is 2.27. The molecule has 7 nitrogen and oxygen atoms in total. The Kier molecular flexibility index (Phi) is 5.40. The minimum atomic E-state index is -0.594. The van der Waals surface area contributed by atoms with Crippen LogP contribution in [0.2, 0.25) is 0 Å². The van der Waals surface area contributed by atoms with Gasteiger partial charge in [-0.05, 0) is 12.8 Å². The zero-order valence-corrected chi connectivity index (χ0v) is 14.7. The van der Waals surface area contributed by atoms with Crippen molar-refractivity contribution >= 4 is 5.96 Å². The summed E-state index contributed by atoms with van der Waals surface area (Å²) in [5.41, 5.74) is 0.493. The molecule has 1 unspecified atom stereocenters. The van der Waals surface area contributed by atoms with Gasteiger partial charge in [-0.1, -0.05) is 19.3 Å². The highest BCUT2D eigenvalue weighted by molar-refractivity contribution is 5.80. The normalized spacial score (nSPS) is 24.9. The first-order chi connectivity index (χ1) is 11.6. The van der Waals surface area contributed by atoms with Crippen LogP contribution in [-0.4, -0.2) is 64.6 Å². The van der Waals surface area contributed by atoms with Crippen LogP contribution in [-0.2, 0) is 11.8 Å². The smallest absolute Gasteiger partial charge is 0.193 e. The van der Waals surface area contributed by atoms with Crippen LogP contribution in [0.1, 0.15) is 43.8 Å². The number of rotatable bonds is 3. The SMILES string of the molecule is CN=C(NCC1(O)CCCCC1)N1CCOC(c2cnn(C)c2)C1. The summed E-state index contributed by atoms with van der Waals surface area (Å²) < 4.78 is 7.68. The average molecular weight is 335 g/mol. The minimum Gasteiger partial charge on any atom is -0.388 e. The fourth-order valence-corrected chi connectivity index (χ4v) is 3.61. The van der Waals surface area contributed by atoms with Crippen molar-refractivity contribution in [1.82, 2.24) is 20.0 Å². The second-order valence-electron chi connectivity index (χ2n) is 6.94. The topological polar surface area (TPSA) is 74.9 Å². The third-order valence-electron chi connectivity index (χ3n) is 5.03. The van der Waals surface area contributed by atoms with Crippen LogP contribution in [0.4, 0.5) is 0 Å². The molecule has 2 N–H and O–H groups in total. The summed E-state index contributed by atoms with van der Waals surface area (Å²) in [5, 5.41) is 18.3. The molecule has 1 aromatic heterocycles. The van der Waals surface area contributed by atoms with Gasteiger partial charge in [0.2, 0.25) is 0 Å². The molecular weight excluding hydrogens is 306 g/mol. The number of morpholine rings is 1. The number of guanidine groups is 1. The number of aryl methyl sites for hydroxylation is 1. The van der Waals surface area contributed by atoms with Crippen molar-refractivity contribution in [3.8, 4) is 0 Å². The van der Waals surface area contributed by atoms with E-state index >= 15 is 0 Å². The van der Waals surface area contributed by atoms with Crippen molar-refractivity contribution in [3.63, 3.8) is 0 Å². The number of nitrogens with zero attached hydrogens (tertiary/aromatic N) is 4. The molecule has 3 rings (SSSR count). The predicted molar refractivity (Wildman–Crippen MR) is 92.9 cm³/mol. The zero-order valence-electron chi connectivity index (χ0n) is 14.7. The summed E-state index contributed by atoms with van der Waals surface area (Å²) in [6.45, 7) is 2.76. The van der Waals surface area contributed by atoms with Crippen LogP contribution in [0, 0.1) is 0 Å². The third kappa shape index (κ3) is 4.08. The molecule has 0 bridgehead atoms. The van der Waals surface area contributed by atoms with E-state index in [4.69, 9.17) is 4.74 Å². The molecule has 134 valence electrons. The van der Waals surface area contributed by atoms with E-state index in [1.807, 2.05) is 19.4 Å². The molecule has 0 amide bonds. The van der Waals surface area contributed by atoms with Crippen molar-refractivity contribution in [1.29, 1.82) is 0 Å². The first-order valence-electron chi connectivity index (χ1n) is 8.88. The van der Waals surface area contributed by atoms with Gasteiger partial charge in [0.05, 0.1) is 24.9 Å². The molecule has 2 aliphatic rings. The molecule has 24 heavy (non-hydrogen) atoms. The molecule has 1 atom stereocenters. The van der Waals surface area contributed by atoms with Gasteiger partial charge in [-0.3, -0.25) is 9.67 Å². The lowest BCUT2D eigenvalue weighted by atomic mass is 9.85. The molecule has 1 aliphatic heterocycles. The fourth-order valence-electron chi connectivity index (χ4n) is 3.61. The predicted octanol–water partition coefficient (Wildman–Crippen LogP) is 1.06. The summed E-state index contributed by atoms with van der Waals surface area (Å²) in [6.07, 6.45) is 9.05. The van der Waals surface area contributed by atoms with Crippen molar-refractivity contribution in [2.45, 2.75) is 43.8 Å². The van der Waals surface area contributed by atoms with Crippen LogP contribution < -0.4 is 5.32 Å². The van der Waals surface area contributed by atoms with E-state index in [9.17, 15) is 5.11 Å². The second-order valence-corrected chi connectivity index (χ2v) is 6.94. The first-order valence-corrected chi connectivity index (χ1v) is 8.88. The van der Waals surface area contributed by atoms with Crippen LogP contribution in [0.3, 0.4) is 0 Å². The molecule has 0 spiro atoms. The highest BCUT2D eigenvalue weighted by atomic mass is 16.5. The monoisotopic (exact) mass is 335 g/mol. The van der Waals surface area contributed by atoms with Crippen molar-refractivity contribution in [2.24, 2.45) is 12.0 Å². The molecule has 2 heterocycles. The van der Waals surface area contributed by atoms with E-state index in [0.717, 1.165) is 50.3 Å². The van der Waals surface area contributed by atoms with Crippen molar-refractivity contribution in [2.75, 3.05) is 33.3 Å². The molecule has 0 radical (unpaired) electrons. The van der Waals surface area contributed by atoms with Gasteiger partial charge in [-0.15, -0.1) is 0 Å². The van der Waals surface area contributed by atoms with Gasteiger partial charge >= 0.3 is 0 Å². The van der Waals surface area contributed by atoms with E-state index in [2.05, 4.69) is 20.3 Å². The Morgan fingerprint density at radius 2 is 2.25 bits per heavy atom. The summed E-state index contributed by atoms with van der Waals surface area (Å²) in [5.74, 6) is 0.839. The molecule has 1 aromatic rings. The van der Waals surface area contributed by atoms with Gasteiger partial charge in [0.25, 0.3) is 0 Å². The molecular formula is C17H29N5O2. The maximum atomic E-state index is 10.7. The number of ether oxygens (including phenoxy) is 1. The Morgan fingerprint density at radius 1 is 1.46 bits per heavy atom. The van der Waals surface area contributed by atoms with Gasteiger partial charge in [0.15, 0.2) is 5.96 Å². The van der Waals surface area contributed by atoms with E-state index in [1.165, 1.54) is 6.42 Å². The number of aliphatic imine (C=N–C) groups is 1. The molecule has 1 saturated heterocycles. The molecule has 1 aliphatic carbocycles. The molecule has 0 aromatic carbocycles. The summed E-state index contributed by atoms with van der Waals surface area (Å²) in [4.78, 5) is 6.61. The van der Waals surface area contributed by atoms with Crippen LogP contribution in [0.15, 0.2) is 17.4 Å². The van der Waals surface area contributed by atoms with Gasteiger partial charge in [0, 0.05) is 38.9 Å². The quantitative estimate of drug-likeness (QED) is 0.638. The zero-order chi connectivity index (χ0) is 17.0. The van der Waals surface area contributed by atoms with Gasteiger partial charge in [0.1, 0.15) is 6.10 Å².